The molecule has 0 atom stereocenters. The van der Waals surface area contributed by atoms with Crippen LogP contribution in [0.15, 0.2) is 18.2 Å². The van der Waals surface area contributed by atoms with Gasteiger partial charge in [-0.15, -0.1) is 0 Å². The van der Waals surface area contributed by atoms with E-state index in [1.165, 1.54) is 4.90 Å². The van der Waals surface area contributed by atoms with Crippen LogP contribution in [-0.2, 0) is 9.59 Å². The number of hydrogen-bond acceptors (Lipinski definition) is 3. The second-order valence-corrected chi connectivity index (χ2v) is 3.80. The number of rotatable bonds is 1. The molecule has 1 aromatic carbocycles. The molecule has 0 spiro atoms. The van der Waals surface area contributed by atoms with E-state index in [9.17, 15) is 9.59 Å². The molecule has 1 aromatic rings. The van der Waals surface area contributed by atoms with E-state index in [4.69, 9.17) is 5.73 Å². The monoisotopic (exact) mass is 219 g/mol. The van der Waals surface area contributed by atoms with Crippen molar-refractivity contribution >= 4 is 23.2 Å². The van der Waals surface area contributed by atoms with Gasteiger partial charge in [0.25, 0.3) is 0 Å². The van der Waals surface area contributed by atoms with Crippen molar-refractivity contribution in [2.75, 3.05) is 23.7 Å². The van der Waals surface area contributed by atoms with Crippen LogP contribution in [0.1, 0.15) is 5.56 Å². The Morgan fingerprint density at radius 2 is 2.12 bits per heavy atom. The van der Waals surface area contributed by atoms with E-state index in [2.05, 4.69) is 5.32 Å². The number of nitrogen functional groups attached to an aromatic ring is 1. The Kier molecular flexibility index (Phi) is 2.52. The van der Waals surface area contributed by atoms with Gasteiger partial charge in [0, 0.05) is 11.4 Å². The summed E-state index contributed by atoms with van der Waals surface area (Å²) in [7, 11) is 0. The molecule has 0 saturated carbocycles. The van der Waals surface area contributed by atoms with Gasteiger partial charge in [-0.05, 0) is 30.7 Å². The summed E-state index contributed by atoms with van der Waals surface area (Å²) in [5, 5.41) is 2.50. The van der Waals surface area contributed by atoms with Gasteiger partial charge in [-0.1, -0.05) is 0 Å². The third kappa shape index (κ3) is 1.84. The maximum atomic E-state index is 11.6. The number of hydrogen-bond donors (Lipinski definition) is 2. The second kappa shape index (κ2) is 3.84. The molecule has 5 heteroatoms. The van der Waals surface area contributed by atoms with Gasteiger partial charge in [0.05, 0.1) is 6.54 Å². The Balaban J connectivity index is 2.31. The fourth-order valence-corrected chi connectivity index (χ4v) is 1.62. The summed E-state index contributed by atoms with van der Waals surface area (Å²) in [5.74, 6) is -0.252. The quantitative estimate of drug-likeness (QED) is 0.655. The standard InChI is InChI=1S/C11H13N3O2/c1-7-4-8(2-3-9(7)12)14-6-10(15)13-5-11(14)16/h2-4H,5-6,12H2,1H3,(H,13,15). The van der Waals surface area contributed by atoms with E-state index >= 15 is 0 Å². The van der Waals surface area contributed by atoms with Crippen LogP contribution in [0.4, 0.5) is 11.4 Å². The number of nitrogens with zero attached hydrogens (tertiary/aromatic N) is 1. The van der Waals surface area contributed by atoms with Crippen molar-refractivity contribution in [3.63, 3.8) is 0 Å². The molecule has 1 fully saturated rings. The molecule has 0 radical (unpaired) electrons. The van der Waals surface area contributed by atoms with Crippen LogP contribution >= 0.6 is 0 Å². The largest absolute Gasteiger partial charge is 0.399 e. The smallest absolute Gasteiger partial charge is 0.246 e. The molecular weight excluding hydrogens is 206 g/mol. The minimum atomic E-state index is -0.144. The van der Waals surface area contributed by atoms with Crippen molar-refractivity contribution in [3.05, 3.63) is 23.8 Å². The number of piperazine rings is 1. The van der Waals surface area contributed by atoms with Crippen LogP contribution in [0.2, 0.25) is 0 Å². The van der Waals surface area contributed by atoms with E-state index in [0.717, 1.165) is 5.56 Å². The zero-order valence-corrected chi connectivity index (χ0v) is 8.99. The Hall–Kier alpha value is -2.04. The Morgan fingerprint density at radius 3 is 2.81 bits per heavy atom. The van der Waals surface area contributed by atoms with Crippen LogP contribution in [0, 0.1) is 6.92 Å². The molecule has 1 aliphatic heterocycles. The van der Waals surface area contributed by atoms with Gasteiger partial charge in [0.15, 0.2) is 0 Å². The fourth-order valence-electron chi connectivity index (χ4n) is 1.62. The average Bonchev–Trinajstić information content (AvgIpc) is 2.26. The molecule has 0 unspecified atom stereocenters. The predicted octanol–water partition coefficient (Wildman–Crippen LogP) is 0.0400. The SMILES string of the molecule is Cc1cc(N2CC(=O)NCC2=O)ccc1N. The van der Waals surface area contributed by atoms with Gasteiger partial charge in [-0.25, -0.2) is 0 Å². The number of anilines is 2. The number of nitrogens with one attached hydrogen (secondary N) is 1. The second-order valence-electron chi connectivity index (χ2n) is 3.80. The van der Waals surface area contributed by atoms with E-state index in [-0.39, 0.29) is 24.9 Å². The summed E-state index contributed by atoms with van der Waals surface area (Å²) in [6.45, 7) is 2.00. The number of amides is 2. The maximum Gasteiger partial charge on any atom is 0.246 e. The molecule has 2 amide bonds. The highest BCUT2D eigenvalue weighted by Gasteiger charge is 2.24. The first-order chi connectivity index (χ1) is 7.58. The van der Waals surface area contributed by atoms with Crippen LogP contribution in [0.25, 0.3) is 0 Å². The van der Waals surface area contributed by atoms with E-state index < -0.39 is 0 Å². The van der Waals surface area contributed by atoms with Crippen molar-refractivity contribution in [1.29, 1.82) is 0 Å². The lowest BCUT2D eigenvalue weighted by Gasteiger charge is -2.27. The number of aryl methyl sites for hydroxylation is 1. The van der Waals surface area contributed by atoms with Gasteiger partial charge < -0.3 is 16.0 Å². The van der Waals surface area contributed by atoms with E-state index in [1.54, 1.807) is 12.1 Å². The van der Waals surface area contributed by atoms with Crippen molar-refractivity contribution < 1.29 is 9.59 Å². The van der Waals surface area contributed by atoms with Gasteiger partial charge in [0.2, 0.25) is 11.8 Å². The molecular formula is C11H13N3O2. The minimum absolute atomic E-state index is 0.0578. The van der Waals surface area contributed by atoms with Crippen LogP contribution in [0.5, 0.6) is 0 Å². The van der Waals surface area contributed by atoms with Crippen LogP contribution in [0.3, 0.4) is 0 Å². The molecule has 16 heavy (non-hydrogen) atoms. The Morgan fingerprint density at radius 1 is 1.38 bits per heavy atom. The Bertz CT molecular complexity index is 457. The molecule has 1 aliphatic rings. The summed E-state index contributed by atoms with van der Waals surface area (Å²) in [4.78, 5) is 24.3. The normalized spacial score (nSPS) is 16.2. The average molecular weight is 219 g/mol. The van der Waals surface area contributed by atoms with Gasteiger partial charge in [0.1, 0.15) is 6.54 Å². The van der Waals surface area contributed by atoms with Gasteiger partial charge in [-0.2, -0.15) is 0 Å². The minimum Gasteiger partial charge on any atom is -0.399 e. The van der Waals surface area contributed by atoms with Crippen LogP contribution < -0.4 is 16.0 Å². The summed E-state index contributed by atoms with van der Waals surface area (Å²) in [5.41, 5.74) is 7.99. The molecule has 1 heterocycles. The van der Waals surface area contributed by atoms with Crippen LogP contribution in [-0.4, -0.2) is 24.9 Å². The van der Waals surface area contributed by atoms with Crippen molar-refractivity contribution in [2.45, 2.75) is 6.92 Å². The number of carbonyl (C=O) groups is 2. The Labute approximate surface area is 93.2 Å². The third-order valence-corrected chi connectivity index (χ3v) is 2.60. The highest BCUT2D eigenvalue weighted by atomic mass is 16.2. The van der Waals surface area contributed by atoms with Crippen molar-refractivity contribution in [2.24, 2.45) is 0 Å². The lowest BCUT2D eigenvalue weighted by Crippen LogP contribution is -2.51. The fraction of sp³-hybridized carbons (Fsp3) is 0.273. The van der Waals surface area contributed by atoms with Crippen molar-refractivity contribution in [1.82, 2.24) is 5.32 Å². The molecule has 0 bridgehead atoms. The van der Waals surface area contributed by atoms with E-state index in [0.29, 0.717) is 11.4 Å². The molecule has 2 rings (SSSR count). The number of benzene rings is 1. The summed E-state index contributed by atoms with van der Waals surface area (Å²) >= 11 is 0. The van der Waals surface area contributed by atoms with Crippen molar-refractivity contribution in [3.8, 4) is 0 Å². The molecule has 0 aromatic heterocycles. The summed E-state index contributed by atoms with van der Waals surface area (Å²) in [6.07, 6.45) is 0. The highest BCUT2D eigenvalue weighted by molar-refractivity contribution is 6.04. The molecule has 3 N–H and O–H groups in total. The molecule has 0 aliphatic carbocycles. The molecule has 5 nitrogen and oxygen atoms in total. The summed E-state index contributed by atoms with van der Waals surface area (Å²) in [6, 6.07) is 5.30. The van der Waals surface area contributed by atoms with Gasteiger partial charge >= 0.3 is 0 Å². The number of carbonyl (C=O) groups excluding carboxylic acids is 2. The molecule has 1 saturated heterocycles. The topological polar surface area (TPSA) is 75.4 Å². The highest BCUT2D eigenvalue weighted by Crippen LogP contribution is 2.21. The maximum absolute atomic E-state index is 11.6. The van der Waals surface area contributed by atoms with E-state index in [1.807, 2.05) is 13.0 Å². The first-order valence-electron chi connectivity index (χ1n) is 5.01. The van der Waals surface area contributed by atoms with Gasteiger partial charge in [-0.3, -0.25) is 9.59 Å². The molecule has 84 valence electrons. The predicted molar refractivity (Wildman–Crippen MR) is 61.0 cm³/mol. The lowest BCUT2D eigenvalue weighted by atomic mass is 10.1. The zero-order chi connectivity index (χ0) is 11.7. The zero-order valence-electron chi connectivity index (χ0n) is 8.99. The first-order valence-corrected chi connectivity index (χ1v) is 5.01. The third-order valence-electron chi connectivity index (χ3n) is 2.60. The lowest BCUT2D eigenvalue weighted by molar-refractivity contribution is -0.128. The number of nitrogens with two attached hydrogens (primary N) is 1. The first kappa shape index (κ1) is 10.5. The summed E-state index contributed by atoms with van der Waals surface area (Å²) < 4.78 is 0.